The molecule has 0 saturated heterocycles. The molecule has 0 saturated carbocycles. The van der Waals surface area contributed by atoms with Crippen LogP contribution >= 0.6 is 0 Å². The van der Waals surface area contributed by atoms with E-state index < -0.39 is 0 Å². The van der Waals surface area contributed by atoms with E-state index in [4.69, 9.17) is 4.74 Å². The fraction of sp³-hybridized carbons (Fsp3) is 0.250. The number of azo groups is 1. The van der Waals surface area contributed by atoms with Crippen LogP contribution in [0.3, 0.4) is 0 Å². The van der Waals surface area contributed by atoms with E-state index in [0.717, 1.165) is 11.4 Å². The molecule has 0 heterocycles. The van der Waals surface area contributed by atoms with Crippen molar-refractivity contribution >= 4 is 17.3 Å². The van der Waals surface area contributed by atoms with Crippen LogP contribution in [0, 0.1) is 0 Å². The van der Waals surface area contributed by atoms with Crippen LogP contribution < -0.4 is 10.1 Å². The average molecular weight is 337 g/mol. The second-order valence-electron chi connectivity index (χ2n) is 5.79. The predicted molar refractivity (Wildman–Crippen MR) is 99.9 cm³/mol. The summed E-state index contributed by atoms with van der Waals surface area (Å²) in [7, 11) is 0. The molecule has 0 aliphatic carbocycles. The first-order valence-corrected chi connectivity index (χ1v) is 8.23. The molecule has 0 aromatic heterocycles. The molecule has 2 aromatic carbocycles. The van der Waals surface area contributed by atoms with E-state index in [1.807, 2.05) is 42.5 Å². The zero-order valence-electron chi connectivity index (χ0n) is 14.6. The van der Waals surface area contributed by atoms with Crippen LogP contribution in [-0.4, -0.2) is 19.1 Å². The lowest BCUT2D eigenvalue weighted by atomic mass is 10.0. The van der Waals surface area contributed by atoms with Crippen molar-refractivity contribution in [2.75, 3.05) is 13.2 Å². The predicted octanol–water partition coefficient (Wildman–Crippen LogP) is 4.91. The third-order valence-electron chi connectivity index (χ3n) is 3.51. The summed E-state index contributed by atoms with van der Waals surface area (Å²) in [4.78, 5) is 11.0. The summed E-state index contributed by atoms with van der Waals surface area (Å²) in [5.41, 5.74) is 2.83. The van der Waals surface area contributed by atoms with Crippen molar-refractivity contribution in [1.82, 2.24) is 5.32 Å². The first-order chi connectivity index (χ1) is 12.1. The number of amides is 1. The van der Waals surface area contributed by atoms with Crippen LogP contribution in [0.1, 0.15) is 25.3 Å². The molecule has 0 unspecified atom stereocenters. The van der Waals surface area contributed by atoms with Gasteiger partial charge in [-0.3, -0.25) is 4.79 Å². The Kier molecular flexibility index (Phi) is 6.89. The Bertz CT molecular complexity index is 737. The Morgan fingerprint density at radius 2 is 1.88 bits per heavy atom. The van der Waals surface area contributed by atoms with Gasteiger partial charge >= 0.3 is 0 Å². The van der Waals surface area contributed by atoms with E-state index in [9.17, 15) is 4.79 Å². The molecule has 1 amide bonds. The zero-order valence-corrected chi connectivity index (χ0v) is 14.6. The maximum atomic E-state index is 11.0. The van der Waals surface area contributed by atoms with Gasteiger partial charge in [0.05, 0.1) is 17.9 Å². The fourth-order valence-corrected chi connectivity index (χ4v) is 2.09. The van der Waals surface area contributed by atoms with Gasteiger partial charge in [0.1, 0.15) is 12.4 Å². The minimum atomic E-state index is -0.208. The van der Waals surface area contributed by atoms with Gasteiger partial charge in [0, 0.05) is 0 Å². The van der Waals surface area contributed by atoms with Crippen molar-refractivity contribution in [3.05, 3.63) is 66.7 Å². The van der Waals surface area contributed by atoms with Crippen molar-refractivity contribution in [3.8, 4) is 5.75 Å². The molecule has 130 valence electrons. The topological polar surface area (TPSA) is 63.0 Å². The Morgan fingerprint density at radius 3 is 2.56 bits per heavy atom. The molecule has 0 radical (unpaired) electrons. The molecule has 1 N–H and O–H groups in total. The lowest BCUT2D eigenvalue weighted by molar-refractivity contribution is -0.116. The van der Waals surface area contributed by atoms with Gasteiger partial charge in [-0.1, -0.05) is 32.6 Å². The van der Waals surface area contributed by atoms with Crippen molar-refractivity contribution in [2.45, 2.75) is 19.8 Å². The number of hydrogen-bond donors (Lipinski definition) is 1. The molecule has 2 aromatic rings. The highest BCUT2D eigenvalue weighted by molar-refractivity contribution is 5.86. The Morgan fingerprint density at radius 1 is 1.16 bits per heavy atom. The molecule has 0 aliphatic rings. The first kappa shape index (κ1) is 18.4. The lowest BCUT2D eigenvalue weighted by Gasteiger charge is -2.06. The highest BCUT2D eigenvalue weighted by Gasteiger charge is 2.00. The Hall–Kier alpha value is -2.95. The highest BCUT2D eigenvalue weighted by atomic mass is 16.5. The standard InChI is InChI=1S/C20H23N3O2/c1-4-20(24)21-12-13-25-19-10-8-17(9-11-19)22-23-18-7-5-6-16(14-18)15(2)3/h4-11,14-15H,1,12-13H2,2-3H3,(H,21,24). The zero-order chi connectivity index (χ0) is 18.1. The van der Waals surface area contributed by atoms with Gasteiger partial charge < -0.3 is 10.1 Å². The number of benzene rings is 2. The third kappa shape index (κ3) is 6.22. The van der Waals surface area contributed by atoms with Crippen molar-refractivity contribution in [2.24, 2.45) is 10.2 Å². The first-order valence-electron chi connectivity index (χ1n) is 8.23. The number of nitrogens with zero attached hydrogens (tertiary/aromatic N) is 2. The second kappa shape index (κ2) is 9.37. The summed E-state index contributed by atoms with van der Waals surface area (Å²) in [5, 5.41) is 11.2. The molecule has 0 spiro atoms. The van der Waals surface area contributed by atoms with Gasteiger partial charge in [-0.2, -0.15) is 10.2 Å². The monoisotopic (exact) mass is 337 g/mol. The van der Waals surface area contributed by atoms with Crippen LogP contribution in [0.2, 0.25) is 0 Å². The van der Waals surface area contributed by atoms with Crippen LogP contribution in [-0.2, 0) is 4.79 Å². The summed E-state index contributed by atoms with van der Waals surface area (Å²) >= 11 is 0. The van der Waals surface area contributed by atoms with Gasteiger partial charge in [0.2, 0.25) is 5.91 Å². The van der Waals surface area contributed by atoms with Crippen molar-refractivity contribution in [3.63, 3.8) is 0 Å². The molecule has 0 aliphatic heterocycles. The quantitative estimate of drug-likeness (QED) is 0.423. The maximum absolute atomic E-state index is 11.0. The number of carbonyl (C=O) groups is 1. The van der Waals surface area contributed by atoms with Crippen molar-refractivity contribution < 1.29 is 9.53 Å². The highest BCUT2D eigenvalue weighted by Crippen LogP contribution is 2.24. The van der Waals surface area contributed by atoms with Gasteiger partial charge in [-0.05, 0) is 54.0 Å². The van der Waals surface area contributed by atoms with Crippen molar-refractivity contribution in [1.29, 1.82) is 0 Å². The largest absolute Gasteiger partial charge is 0.492 e. The normalized spacial score (nSPS) is 10.8. The molecular formula is C20H23N3O2. The summed E-state index contributed by atoms with van der Waals surface area (Å²) < 4.78 is 5.54. The molecule has 0 atom stereocenters. The number of ether oxygens (including phenoxy) is 1. The molecule has 25 heavy (non-hydrogen) atoms. The molecule has 5 heteroatoms. The van der Waals surface area contributed by atoms with E-state index in [0.29, 0.717) is 24.8 Å². The van der Waals surface area contributed by atoms with E-state index in [2.05, 4.69) is 42.0 Å². The minimum Gasteiger partial charge on any atom is -0.492 e. The number of hydrogen-bond acceptors (Lipinski definition) is 4. The smallest absolute Gasteiger partial charge is 0.243 e. The molecular weight excluding hydrogens is 314 g/mol. The van der Waals surface area contributed by atoms with E-state index >= 15 is 0 Å². The van der Waals surface area contributed by atoms with Gasteiger partial charge in [-0.15, -0.1) is 0 Å². The van der Waals surface area contributed by atoms with Crippen LogP contribution in [0.5, 0.6) is 5.75 Å². The Labute approximate surface area is 148 Å². The number of nitrogens with one attached hydrogen (secondary N) is 1. The average Bonchev–Trinajstić information content (AvgIpc) is 2.64. The molecule has 0 bridgehead atoms. The van der Waals surface area contributed by atoms with E-state index in [-0.39, 0.29) is 5.91 Å². The maximum Gasteiger partial charge on any atom is 0.243 e. The minimum absolute atomic E-state index is 0.208. The second-order valence-corrected chi connectivity index (χ2v) is 5.79. The summed E-state index contributed by atoms with van der Waals surface area (Å²) in [5.74, 6) is 0.970. The van der Waals surface area contributed by atoms with E-state index in [1.54, 1.807) is 0 Å². The van der Waals surface area contributed by atoms with Gasteiger partial charge in [0.15, 0.2) is 0 Å². The summed E-state index contributed by atoms with van der Waals surface area (Å²) in [6, 6.07) is 15.4. The molecule has 0 fully saturated rings. The third-order valence-corrected chi connectivity index (χ3v) is 3.51. The SMILES string of the molecule is C=CC(=O)NCCOc1ccc(N=Nc2cccc(C(C)C)c2)cc1. The molecule has 2 rings (SSSR count). The lowest BCUT2D eigenvalue weighted by Crippen LogP contribution is -2.26. The van der Waals surface area contributed by atoms with Gasteiger partial charge in [0.25, 0.3) is 0 Å². The summed E-state index contributed by atoms with van der Waals surface area (Å²) in [6.07, 6.45) is 1.23. The van der Waals surface area contributed by atoms with Crippen LogP contribution in [0.15, 0.2) is 71.4 Å². The summed E-state index contributed by atoms with van der Waals surface area (Å²) in [6.45, 7) is 8.51. The Balaban J connectivity index is 1.88. The number of carbonyl (C=O) groups excluding carboxylic acids is 1. The van der Waals surface area contributed by atoms with Crippen LogP contribution in [0.25, 0.3) is 0 Å². The van der Waals surface area contributed by atoms with Gasteiger partial charge in [-0.25, -0.2) is 0 Å². The van der Waals surface area contributed by atoms with Crippen LogP contribution in [0.4, 0.5) is 11.4 Å². The fourth-order valence-electron chi connectivity index (χ4n) is 2.09. The van der Waals surface area contributed by atoms with E-state index in [1.165, 1.54) is 11.6 Å². The molecule has 5 nitrogen and oxygen atoms in total. The number of rotatable bonds is 8.